The monoisotopic (exact) mass is 461 g/mol. The van der Waals surface area contributed by atoms with Crippen LogP contribution in [-0.2, 0) is 0 Å². The molecule has 0 bridgehead atoms. The molecule has 0 aliphatic carbocycles. The summed E-state index contributed by atoms with van der Waals surface area (Å²) in [7, 11) is 0. The fraction of sp³-hybridized carbons (Fsp3) is 0. The largest absolute Gasteiger partial charge is 0.455 e. The molecule has 170 valence electrons. The summed E-state index contributed by atoms with van der Waals surface area (Å²) < 4.78 is 6.68. The van der Waals surface area contributed by atoms with Crippen molar-refractivity contribution in [2.45, 2.75) is 0 Å². The lowest BCUT2D eigenvalue weighted by Gasteiger charge is -2.26. The number of nitrogens with zero attached hydrogens (tertiary/aromatic N) is 1. The molecular weight excluding hydrogens is 438 g/mol. The minimum absolute atomic E-state index is 0.898. The molecule has 0 saturated carbocycles. The predicted octanol–water partition coefficient (Wildman–Crippen LogP) is 9.88. The van der Waals surface area contributed by atoms with Gasteiger partial charge in [0.2, 0.25) is 0 Å². The quantitative estimate of drug-likeness (QED) is 0.259. The lowest BCUT2D eigenvalue weighted by molar-refractivity contribution is 0.670. The van der Waals surface area contributed by atoms with Gasteiger partial charge in [0.05, 0.1) is 11.1 Å². The summed E-state index contributed by atoms with van der Waals surface area (Å²) >= 11 is 0. The number of benzene rings is 6. The molecule has 0 unspecified atom stereocenters. The molecule has 2 heteroatoms. The molecule has 0 atom stereocenters. The molecular formula is C34H23NO. The molecule has 0 amide bonds. The Morgan fingerprint density at radius 2 is 1.08 bits per heavy atom. The number of furan rings is 1. The SMILES string of the molecule is c1ccc(-c2ccc(N(c3ccccc3)c3ccccc3)c3c2oc2ccc4ccccc4c23)cc1. The van der Waals surface area contributed by atoms with E-state index >= 15 is 0 Å². The maximum absolute atomic E-state index is 6.68. The van der Waals surface area contributed by atoms with Crippen LogP contribution in [0.4, 0.5) is 17.1 Å². The standard InChI is InChI=1S/C34H23NO/c1-4-12-24(13-5-1)29-21-22-30(35(26-15-6-2-7-16-26)27-17-8-3-9-18-27)33-32-28-19-11-10-14-25(28)20-23-31(32)36-34(29)33/h1-23H. The fourth-order valence-corrected chi connectivity index (χ4v) is 5.24. The third kappa shape index (κ3) is 3.27. The molecule has 0 radical (unpaired) electrons. The molecule has 7 aromatic rings. The Labute approximate surface area is 209 Å². The minimum atomic E-state index is 0.898. The van der Waals surface area contributed by atoms with Crippen LogP contribution in [0.3, 0.4) is 0 Å². The van der Waals surface area contributed by atoms with E-state index in [0.29, 0.717) is 0 Å². The third-order valence-corrected chi connectivity index (χ3v) is 6.84. The van der Waals surface area contributed by atoms with Crippen LogP contribution in [0.15, 0.2) is 144 Å². The highest BCUT2D eigenvalue weighted by Gasteiger charge is 2.22. The van der Waals surface area contributed by atoms with E-state index in [-0.39, 0.29) is 0 Å². The highest BCUT2D eigenvalue weighted by atomic mass is 16.3. The smallest absolute Gasteiger partial charge is 0.145 e. The summed E-state index contributed by atoms with van der Waals surface area (Å²) in [5, 5.41) is 4.67. The first kappa shape index (κ1) is 20.5. The van der Waals surface area contributed by atoms with Crippen LogP contribution in [0, 0.1) is 0 Å². The second kappa shape index (κ2) is 8.44. The van der Waals surface area contributed by atoms with Gasteiger partial charge in [-0.2, -0.15) is 0 Å². The number of hydrogen-bond donors (Lipinski definition) is 0. The number of fused-ring (bicyclic) bond motifs is 5. The van der Waals surface area contributed by atoms with Crippen LogP contribution >= 0.6 is 0 Å². The van der Waals surface area contributed by atoms with E-state index in [0.717, 1.165) is 50.1 Å². The van der Waals surface area contributed by atoms with E-state index in [1.807, 2.05) is 6.07 Å². The van der Waals surface area contributed by atoms with Crippen molar-refractivity contribution >= 4 is 49.8 Å². The van der Waals surface area contributed by atoms with Crippen molar-refractivity contribution in [1.29, 1.82) is 0 Å². The Hall–Kier alpha value is -4.82. The maximum atomic E-state index is 6.68. The van der Waals surface area contributed by atoms with Gasteiger partial charge < -0.3 is 9.32 Å². The van der Waals surface area contributed by atoms with Gasteiger partial charge in [0, 0.05) is 22.3 Å². The second-order valence-corrected chi connectivity index (χ2v) is 8.97. The molecule has 0 aliphatic heterocycles. The van der Waals surface area contributed by atoms with E-state index in [9.17, 15) is 0 Å². The first-order chi connectivity index (χ1) is 17.9. The van der Waals surface area contributed by atoms with Crippen LogP contribution in [-0.4, -0.2) is 0 Å². The molecule has 36 heavy (non-hydrogen) atoms. The molecule has 1 heterocycles. The number of para-hydroxylation sites is 2. The number of rotatable bonds is 4. The zero-order chi connectivity index (χ0) is 23.9. The lowest BCUT2D eigenvalue weighted by Crippen LogP contribution is -2.10. The summed E-state index contributed by atoms with van der Waals surface area (Å²) in [6.07, 6.45) is 0. The molecule has 7 rings (SSSR count). The highest BCUT2D eigenvalue weighted by Crippen LogP contribution is 2.47. The summed E-state index contributed by atoms with van der Waals surface area (Å²) in [6, 6.07) is 48.8. The summed E-state index contributed by atoms with van der Waals surface area (Å²) in [5.74, 6) is 0. The lowest BCUT2D eigenvalue weighted by atomic mass is 9.97. The van der Waals surface area contributed by atoms with Crippen molar-refractivity contribution in [2.75, 3.05) is 4.90 Å². The second-order valence-electron chi connectivity index (χ2n) is 8.97. The van der Waals surface area contributed by atoms with Gasteiger partial charge in [0.25, 0.3) is 0 Å². The van der Waals surface area contributed by atoms with Crippen molar-refractivity contribution in [3.63, 3.8) is 0 Å². The summed E-state index contributed by atoms with van der Waals surface area (Å²) in [4.78, 5) is 2.33. The maximum Gasteiger partial charge on any atom is 0.145 e. The van der Waals surface area contributed by atoms with Crippen molar-refractivity contribution < 1.29 is 4.42 Å². The zero-order valence-electron chi connectivity index (χ0n) is 19.6. The molecule has 0 spiro atoms. The molecule has 1 aromatic heterocycles. The van der Waals surface area contributed by atoms with Gasteiger partial charge in [0.1, 0.15) is 11.2 Å². The van der Waals surface area contributed by atoms with E-state index in [2.05, 4.69) is 138 Å². The van der Waals surface area contributed by atoms with Gasteiger partial charge in [-0.05, 0) is 58.8 Å². The van der Waals surface area contributed by atoms with Crippen LogP contribution in [0.1, 0.15) is 0 Å². The van der Waals surface area contributed by atoms with E-state index in [1.165, 1.54) is 10.8 Å². The van der Waals surface area contributed by atoms with Gasteiger partial charge in [-0.15, -0.1) is 0 Å². The normalized spacial score (nSPS) is 11.3. The van der Waals surface area contributed by atoms with Crippen LogP contribution in [0.25, 0.3) is 43.8 Å². The third-order valence-electron chi connectivity index (χ3n) is 6.84. The molecule has 0 N–H and O–H groups in total. The van der Waals surface area contributed by atoms with Gasteiger partial charge in [-0.1, -0.05) is 97.1 Å². The molecule has 6 aromatic carbocycles. The molecule has 0 saturated heterocycles. The van der Waals surface area contributed by atoms with Gasteiger partial charge >= 0.3 is 0 Å². The first-order valence-corrected chi connectivity index (χ1v) is 12.2. The van der Waals surface area contributed by atoms with E-state index < -0.39 is 0 Å². The Morgan fingerprint density at radius 1 is 0.472 bits per heavy atom. The van der Waals surface area contributed by atoms with Gasteiger partial charge in [0.15, 0.2) is 0 Å². The highest BCUT2D eigenvalue weighted by molar-refractivity contribution is 6.25. The molecule has 0 aliphatic rings. The van der Waals surface area contributed by atoms with E-state index in [1.54, 1.807) is 0 Å². The van der Waals surface area contributed by atoms with Crippen LogP contribution < -0.4 is 4.90 Å². The molecule has 0 fully saturated rings. The van der Waals surface area contributed by atoms with Crippen molar-refractivity contribution in [1.82, 2.24) is 0 Å². The summed E-state index contributed by atoms with van der Waals surface area (Å²) in [6.45, 7) is 0. The van der Waals surface area contributed by atoms with E-state index in [4.69, 9.17) is 4.42 Å². The Balaban J connectivity index is 1.65. The summed E-state index contributed by atoms with van der Waals surface area (Å²) in [5.41, 5.74) is 7.34. The Kier molecular flexibility index (Phi) is 4.82. The number of anilines is 3. The van der Waals surface area contributed by atoms with Gasteiger partial charge in [-0.25, -0.2) is 0 Å². The first-order valence-electron chi connectivity index (χ1n) is 12.2. The van der Waals surface area contributed by atoms with Gasteiger partial charge in [-0.3, -0.25) is 0 Å². The van der Waals surface area contributed by atoms with Crippen LogP contribution in [0.5, 0.6) is 0 Å². The Morgan fingerprint density at radius 3 is 1.78 bits per heavy atom. The topological polar surface area (TPSA) is 16.4 Å². The number of hydrogen-bond acceptors (Lipinski definition) is 2. The zero-order valence-corrected chi connectivity index (χ0v) is 19.6. The van der Waals surface area contributed by atoms with Crippen LogP contribution in [0.2, 0.25) is 0 Å². The average molecular weight is 462 g/mol. The van der Waals surface area contributed by atoms with Crippen molar-refractivity contribution in [3.8, 4) is 11.1 Å². The van der Waals surface area contributed by atoms with Crippen molar-refractivity contribution in [3.05, 3.63) is 140 Å². The minimum Gasteiger partial charge on any atom is -0.455 e. The average Bonchev–Trinajstić information content (AvgIpc) is 3.35. The Bertz CT molecular complexity index is 1780. The molecule has 2 nitrogen and oxygen atoms in total. The fourth-order valence-electron chi connectivity index (χ4n) is 5.24. The van der Waals surface area contributed by atoms with Crippen molar-refractivity contribution in [2.24, 2.45) is 0 Å². The predicted molar refractivity (Wildman–Crippen MR) is 151 cm³/mol.